The van der Waals surface area contributed by atoms with Crippen molar-refractivity contribution in [1.82, 2.24) is 4.57 Å². The molecule has 4 atom stereocenters. The van der Waals surface area contributed by atoms with Crippen LogP contribution in [-0.4, -0.2) is 10.6 Å². The van der Waals surface area contributed by atoms with Crippen molar-refractivity contribution in [2.45, 2.75) is 88.1 Å². The van der Waals surface area contributed by atoms with Gasteiger partial charge in [0.2, 0.25) is 0 Å². The van der Waals surface area contributed by atoms with Gasteiger partial charge in [0.05, 0.1) is 17.8 Å². The maximum atomic E-state index is 2.63. The van der Waals surface area contributed by atoms with Crippen molar-refractivity contribution < 1.29 is 0 Å². The number of benzene rings is 4. The Hall–Kier alpha value is -5.86. The molecule has 58 heavy (non-hydrogen) atoms. The largest absolute Gasteiger partial charge is 0.334 e. The highest BCUT2D eigenvalue weighted by atomic mass is 15.2. The number of allylic oxidation sites excluding steroid dienone is 14. The lowest BCUT2D eigenvalue weighted by Gasteiger charge is -2.34. The van der Waals surface area contributed by atoms with E-state index in [-0.39, 0.29) is 16.9 Å². The number of fused-ring (bicyclic) bond motifs is 8. The standard InChI is InChI=1S/C56H52N2/c1-55(2)49-21-13-11-19-45(49)46-33-32-44(36-51(46)55)57(42-28-23-38(24-29-42)37-15-7-5-8-16-37)43-30-25-39(26-31-43)40-27-34-52-48(35-40)53-54(58(52)41-17-9-6-10-18-41)47-20-12-14-22-50(47)56(53,3)4/h5-15,17,20-30,32-37,41,43,45H,16,18-19,31H2,1-4H3. The van der Waals surface area contributed by atoms with Crippen LogP contribution in [0.4, 0.5) is 11.4 Å². The average molecular weight is 753 g/mol. The van der Waals surface area contributed by atoms with E-state index in [1.165, 1.54) is 72.5 Å². The van der Waals surface area contributed by atoms with Gasteiger partial charge >= 0.3 is 0 Å². The Labute approximate surface area is 344 Å². The number of anilines is 2. The van der Waals surface area contributed by atoms with Crippen molar-refractivity contribution in [2.24, 2.45) is 0 Å². The number of rotatable bonds is 6. The van der Waals surface area contributed by atoms with Crippen LogP contribution in [0.2, 0.25) is 0 Å². The van der Waals surface area contributed by atoms with Crippen LogP contribution in [0.25, 0.3) is 27.7 Å². The zero-order valence-corrected chi connectivity index (χ0v) is 34.2. The predicted molar refractivity (Wildman–Crippen MR) is 245 cm³/mol. The fraction of sp³-hybridized carbons (Fsp3) is 0.250. The summed E-state index contributed by atoms with van der Waals surface area (Å²) in [4.78, 5) is 2.59. The predicted octanol–water partition coefficient (Wildman–Crippen LogP) is 14.4. The molecule has 0 radical (unpaired) electrons. The minimum Gasteiger partial charge on any atom is -0.334 e. The summed E-state index contributed by atoms with van der Waals surface area (Å²) in [6, 6.07) is 33.6. The van der Waals surface area contributed by atoms with Crippen molar-refractivity contribution >= 4 is 27.9 Å². The third-order valence-electron chi connectivity index (χ3n) is 14.3. The van der Waals surface area contributed by atoms with Gasteiger partial charge in [-0.05, 0) is 101 Å². The van der Waals surface area contributed by atoms with Crippen LogP contribution in [0.3, 0.4) is 0 Å². The zero-order chi connectivity index (χ0) is 39.2. The highest BCUT2D eigenvalue weighted by Crippen LogP contribution is 2.56. The average Bonchev–Trinajstić information content (AvgIpc) is 3.82. The van der Waals surface area contributed by atoms with E-state index in [4.69, 9.17) is 0 Å². The number of aromatic nitrogens is 1. The Bertz CT molecular complexity index is 2750. The molecule has 6 aliphatic carbocycles. The van der Waals surface area contributed by atoms with Crippen LogP contribution in [0.1, 0.15) is 105 Å². The van der Waals surface area contributed by atoms with E-state index in [0.29, 0.717) is 17.9 Å². The molecule has 286 valence electrons. The summed E-state index contributed by atoms with van der Waals surface area (Å²) in [5.41, 5.74) is 17.9. The van der Waals surface area contributed by atoms with E-state index in [1.54, 1.807) is 5.57 Å². The molecule has 6 aliphatic rings. The lowest BCUT2D eigenvalue weighted by molar-refractivity contribution is 0.612. The molecule has 0 saturated heterocycles. The van der Waals surface area contributed by atoms with Gasteiger partial charge in [-0.2, -0.15) is 0 Å². The SMILES string of the molecule is CC1(C)C2=CC=CCC2c2ccc(N(c3ccc(C4C=CC=CC4)cc3)C3C=CC(c4ccc5c(c4)c4c(n5C5C=CC=CC5)-c5ccccc5C4(C)C)=CC3)cc21. The summed E-state index contributed by atoms with van der Waals surface area (Å²) in [6.45, 7) is 9.68. The third kappa shape index (κ3) is 5.37. The maximum absolute atomic E-state index is 2.63. The Morgan fingerprint density at radius 2 is 1.45 bits per heavy atom. The molecule has 1 aromatic heterocycles. The van der Waals surface area contributed by atoms with Gasteiger partial charge in [-0.3, -0.25) is 0 Å². The van der Waals surface area contributed by atoms with Gasteiger partial charge in [0, 0.05) is 50.5 Å². The van der Waals surface area contributed by atoms with Gasteiger partial charge in [-0.25, -0.2) is 0 Å². The van der Waals surface area contributed by atoms with Crippen LogP contribution >= 0.6 is 0 Å². The topological polar surface area (TPSA) is 8.17 Å². The normalized spacial score (nSPS) is 24.0. The molecule has 0 N–H and O–H groups in total. The molecular formula is C56H52N2. The Morgan fingerprint density at radius 1 is 0.655 bits per heavy atom. The van der Waals surface area contributed by atoms with Gasteiger partial charge in [0.25, 0.3) is 0 Å². The van der Waals surface area contributed by atoms with Crippen LogP contribution in [0, 0.1) is 0 Å². The first-order valence-electron chi connectivity index (χ1n) is 21.5. The summed E-state index contributed by atoms with van der Waals surface area (Å²) in [6.07, 6.45) is 36.4. The molecule has 1 heterocycles. The van der Waals surface area contributed by atoms with Gasteiger partial charge in [0.15, 0.2) is 0 Å². The quantitative estimate of drug-likeness (QED) is 0.168. The molecule has 11 rings (SSSR count). The van der Waals surface area contributed by atoms with Gasteiger partial charge in [0.1, 0.15) is 0 Å². The van der Waals surface area contributed by atoms with Gasteiger partial charge in [-0.15, -0.1) is 0 Å². The number of nitrogens with zero attached hydrogens (tertiary/aromatic N) is 2. The van der Waals surface area contributed by atoms with Crippen molar-refractivity contribution in [3.05, 3.63) is 209 Å². The summed E-state index contributed by atoms with van der Waals surface area (Å²) in [5.74, 6) is 0.922. The Morgan fingerprint density at radius 3 is 2.22 bits per heavy atom. The molecule has 4 aromatic carbocycles. The molecule has 0 aliphatic heterocycles. The van der Waals surface area contributed by atoms with Crippen molar-refractivity contribution in [3.63, 3.8) is 0 Å². The van der Waals surface area contributed by atoms with Crippen LogP contribution < -0.4 is 4.90 Å². The minimum atomic E-state index is -0.0839. The third-order valence-corrected chi connectivity index (χ3v) is 14.3. The maximum Gasteiger partial charge on any atom is 0.0560 e. The van der Waals surface area contributed by atoms with Crippen LogP contribution in [-0.2, 0) is 10.8 Å². The summed E-state index contributed by atoms with van der Waals surface area (Å²) < 4.78 is 2.63. The molecule has 5 aromatic rings. The van der Waals surface area contributed by atoms with E-state index in [9.17, 15) is 0 Å². The second kappa shape index (κ2) is 13.3. The molecule has 0 amide bonds. The van der Waals surface area contributed by atoms with E-state index in [0.717, 1.165) is 25.7 Å². The zero-order valence-electron chi connectivity index (χ0n) is 34.2. The molecular weight excluding hydrogens is 701 g/mol. The first-order valence-corrected chi connectivity index (χ1v) is 21.5. The molecule has 0 saturated carbocycles. The van der Waals surface area contributed by atoms with Gasteiger partial charge < -0.3 is 9.47 Å². The van der Waals surface area contributed by atoms with E-state index < -0.39 is 0 Å². The second-order valence-corrected chi connectivity index (χ2v) is 18.3. The van der Waals surface area contributed by atoms with Gasteiger partial charge in [-0.1, -0.05) is 167 Å². The molecule has 2 heteroatoms. The van der Waals surface area contributed by atoms with Crippen LogP contribution in [0.15, 0.2) is 176 Å². The Balaban J connectivity index is 0.969. The van der Waals surface area contributed by atoms with Crippen molar-refractivity contribution in [2.75, 3.05) is 4.90 Å². The van der Waals surface area contributed by atoms with E-state index >= 15 is 0 Å². The Kier molecular flexibility index (Phi) is 8.13. The lowest BCUT2D eigenvalue weighted by Crippen LogP contribution is -2.30. The second-order valence-electron chi connectivity index (χ2n) is 18.3. The lowest BCUT2D eigenvalue weighted by atomic mass is 9.79. The molecule has 4 unspecified atom stereocenters. The monoisotopic (exact) mass is 752 g/mol. The number of hydrogen-bond acceptors (Lipinski definition) is 1. The van der Waals surface area contributed by atoms with E-state index in [1.807, 2.05) is 0 Å². The molecule has 0 fully saturated rings. The van der Waals surface area contributed by atoms with Crippen LogP contribution in [0.5, 0.6) is 0 Å². The summed E-state index contributed by atoms with van der Waals surface area (Å²) in [7, 11) is 0. The summed E-state index contributed by atoms with van der Waals surface area (Å²) >= 11 is 0. The fourth-order valence-electron chi connectivity index (χ4n) is 11.4. The highest BCUT2D eigenvalue weighted by molar-refractivity contribution is 6.00. The fourth-order valence-corrected chi connectivity index (χ4v) is 11.4. The first kappa shape index (κ1) is 35.3. The smallest absolute Gasteiger partial charge is 0.0560 e. The molecule has 0 bridgehead atoms. The summed E-state index contributed by atoms with van der Waals surface area (Å²) in [5, 5.41) is 1.38. The molecule has 2 nitrogen and oxygen atoms in total. The first-order chi connectivity index (χ1) is 28.3. The van der Waals surface area contributed by atoms with E-state index in [2.05, 4.69) is 207 Å². The molecule has 0 spiro atoms. The minimum absolute atomic E-state index is 0.00425. The highest BCUT2D eigenvalue weighted by Gasteiger charge is 2.43. The number of hydrogen-bond donors (Lipinski definition) is 0. The van der Waals surface area contributed by atoms with Crippen molar-refractivity contribution in [3.8, 4) is 11.3 Å². The van der Waals surface area contributed by atoms with Crippen molar-refractivity contribution in [1.29, 1.82) is 0 Å².